The van der Waals surface area contributed by atoms with Crippen LogP contribution in [-0.2, 0) is 0 Å². The van der Waals surface area contributed by atoms with E-state index in [1.165, 1.54) is 0 Å². The molecule has 1 unspecified atom stereocenters. The average Bonchev–Trinajstić information content (AvgIpc) is 2.28. The number of hydrogen-bond donors (Lipinski definition) is 1. The van der Waals surface area contributed by atoms with Crippen LogP contribution in [0.4, 0.5) is 0 Å². The van der Waals surface area contributed by atoms with Crippen molar-refractivity contribution in [3.8, 4) is 0 Å². The van der Waals surface area contributed by atoms with Crippen molar-refractivity contribution in [2.45, 2.75) is 32.7 Å². The number of nitrogens with one attached hydrogen (secondary N) is 1. The highest BCUT2D eigenvalue weighted by Gasteiger charge is 2.11. The summed E-state index contributed by atoms with van der Waals surface area (Å²) in [7, 11) is 0. The van der Waals surface area contributed by atoms with E-state index in [2.05, 4.69) is 5.32 Å². The summed E-state index contributed by atoms with van der Waals surface area (Å²) in [6, 6.07) is 7.77. The molecule has 0 heterocycles. The largest absolute Gasteiger partial charge is 0.349 e. The van der Waals surface area contributed by atoms with Crippen molar-refractivity contribution in [2.75, 3.05) is 5.88 Å². The molecule has 0 aliphatic carbocycles. The lowest BCUT2D eigenvalue weighted by molar-refractivity contribution is 0.0935. The molecule has 1 N–H and O–H groups in total. The van der Waals surface area contributed by atoms with Crippen molar-refractivity contribution >= 4 is 17.5 Å². The van der Waals surface area contributed by atoms with E-state index in [9.17, 15) is 4.79 Å². The third-order valence-electron chi connectivity index (χ3n) is 2.57. The lowest BCUT2D eigenvalue weighted by Gasteiger charge is -2.15. The average molecular weight is 240 g/mol. The number of benzene rings is 1. The summed E-state index contributed by atoms with van der Waals surface area (Å²) in [6.45, 7) is 4.03. The molecule has 0 spiro atoms. The molecule has 0 aliphatic rings. The maximum absolute atomic E-state index is 11.9. The Balaban J connectivity index is 2.64. The monoisotopic (exact) mass is 239 g/mol. The second kappa shape index (κ2) is 6.54. The molecule has 1 atom stereocenters. The highest BCUT2D eigenvalue weighted by molar-refractivity contribution is 6.17. The van der Waals surface area contributed by atoms with Crippen molar-refractivity contribution in [3.63, 3.8) is 0 Å². The first-order valence-corrected chi connectivity index (χ1v) is 6.14. The number of carbonyl (C=O) groups is 1. The first-order chi connectivity index (χ1) is 7.67. The van der Waals surface area contributed by atoms with Crippen LogP contribution in [0.5, 0.6) is 0 Å². The van der Waals surface area contributed by atoms with Gasteiger partial charge in [-0.25, -0.2) is 0 Å². The van der Waals surface area contributed by atoms with Crippen LogP contribution in [0.1, 0.15) is 35.7 Å². The van der Waals surface area contributed by atoms with Gasteiger partial charge in [-0.05, 0) is 31.9 Å². The summed E-state index contributed by atoms with van der Waals surface area (Å²) in [5.41, 5.74) is 1.81. The summed E-state index contributed by atoms with van der Waals surface area (Å²) >= 11 is 5.68. The number of amides is 1. The van der Waals surface area contributed by atoms with Gasteiger partial charge in [0, 0.05) is 17.5 Å². The Labute approximate surface area is 102 Å². The molecule has 1 aromatic rings. The Morgan fingerprint density at radius 3 is 2.81 bits per heavy atom. The van der Waals surface area contributed by atoms with E-state index in [1.54, 1.807) is 0 Å². The third kappa shape index (κ3) is 3.86. The van der Waals surface area contributed by atoms with Crippen LogP contribution >= 0.6 is 11.6 Å². The van der Waals surface area contributed by atoms with E-state index >= 15 is 0 Å². The standard InChI is InChI=1S/C13H18ClNO/c1-3-12(7-8-14)15-13(16)11-6-4-5-10(2)9-11/h4-6,9,12H,3,7-8H2,1-2H3,(H,15,16). The van der Waals surface area contributed by atoms with Gasteiger partial charge in [0.15, 0.2) is 0 Å². The Bertz CT molecular complexity index is 352. The molecule has 1 rings (SSSR count). The topological polar surface area (TPSA) is 29.1 Å². The lowest BCUT2D eigenvalue weighted by Crippen LogP contribution is -2.34. The fourth-order valence-electron chi connectivity index (χ4n) is 1.57. The Kier molecular flexibility index (Phi) is 5.33. The summed E-state index contributed by atoms with van der Waals surface area (Å²) in [5.74, 6) is 0.563. The molecule has 0 saturated heterocycles. The zero-order valence-corrected chi connectivity index (χ0v) is 10.6. The summed E-state index contributed by atoms with van der Waals surface area (Å²) in [6.07, 6.45) is 1.72. The molecule has 0 saturated carbocycles. The van der Waals surface area contributed by atoms with E-state index in [-0.39, 0.29) is 11.9 Å². The molecule has 0 aliphatic heterocycles. The van der Waals surface area contributed by atoms with Crippen molar-refractivity contribution < 1.29 is 4.79 Å². The van der Waals surface area contributed by atoms with Crippen LogP contribution in [0.25, 0.3) is 0 Å². The molecule has 0 radical (unpaired) electrons. The van der Waals surface area contributed by atoms with Crippen LogP contribution in [0, 0.1) is 6.92 Å². The molecule has 1 aromatic carbocycles. The van der Waals surface area contributed by atoms with Crippen LogP contribution in [-0.4, -0.2) is 17.8 Å². The second-order valence-electron chi connectivity index (χ2n) is 3.93. The van der Waals surface area contributed by atoms with Crippen molar-refractivity contribution in [2.24, 2.45) is 0 Å². The maximum atomic E-state index is 11.9. The number of halogens is 1. The zero-order valence-electron chi connectivity index (χ0n) is 9.79. The molecule has 88 valence electrons. The maximum Gasteiger partial charge on any atom is 0.251 e. The molecule has 0 aromatic heterocycles. The van der Waals surface area contributed by atoms with Crippen LogP contribution in [0.2, 0.25) is 0 Å². The number of hydrogen-bond acceptors (Lipinski definition) is 1. The van der Waals surface area contributed by atoms with Crippen molar-refractivity contribution in [3.05, 3.63) is 35.4 Å². The minimum Gasteiger partial charge on any atom is -0.349 e. The minimum absolute atomic E-state index is 0.0133. The van der Waals surface area contributed by atoms with Crippen LogP contribution < -0.4 is 5.32 Å². The molecule has 0 fully saturated rings. The fraction of sp³-hybridized carbons (Fsp3) is 0.462. The quantitative estimate of drug-likeness (QED) is 0.786. The molecule has 0 bridgehead atoms. The summed E-state index contributed by atoms with van der Waals surface area (Å²) in [5, 5.41) is 2.99. The number of carbonyl (C=O) groups excluding carboxylic acids is 1. The Morgan fingerprint density at radius 1 is 1.50 bits per heavy atom. The first kappa shape index (κ1) is 13.0. The smallest absolute Gasteiger partial charge is 0.251 e. The summed E-state index contributed by atoms with van der Waals surface area (Å²) < 4.78 is 0. The first-order valence-electron chi connectivity index (χ1n) is 5.61. The van der Waals surface area contributed by atoms with E-state index in [0.717, 1.165) is 18.4 Å². The predicted octanol–water partition coefficient (Wildman–Crippen LogP) is 3.13. The zero-order chi connectivity index (χ0) is 12.0. The molecule has 1 amide bonds. The predicted molar refractivity (Wildman–Crippen MR) is 68.1 cm³/mol. The molecule has 16 heavy (non-hydrogen) atoms. The third-order valence-corrected chi connectivity index (χ3v) is 2.78. The van der Waals surface area contributed by atoms with Gasteiger partial charge in [0.05, 0.1) is 0 Å². The lowest BCUT2D eigenvalue weighted by atomic mass is 10.1. The van der Waals surface area contributed by atoms with Crippen molar-refractivity contribution in [1.82, 2.24) is 5.32 Å². The molecule has 3 heteroatoms. The molecular weight excluding hydrogens is 222 g/mol. The number of alkyl halides is 1. The minimum atomic E-state index is -0.0133. The SMILES string of the molecule is CCC(CCCl)NC(=O)c1cccc(C)c1. The number of aryl methyl sites for hydroxylation is 1. The Morgan fingerprint density at radius 2 is 2.25 bits per heavy atom. The Hall–Kier alpha value is -1.02. The van der Waals surface area contributed by atoms with Gasteiger partial charge < -0.3 is 5.32 Å². The molecule has 2 nitrogen and oxygen atoms in total. The normalized spacial score (nSPS) is 12.2. The van der Waals surface area contributed by atoms with Gasteiger partial charge in [0.25, 0.3) is 5.91 Å². The van der Waals surface area contributed by atoms with Crippen molar-refractivity contribution in [1.29, 1.82) is 0 Å². The van der Waals surface area contributed by atoms with Gasteiger partial charge in [-0.3, -0.25) is 4.79 Å². The summed E-state index contributed by atoms with van der Waals surface area (Å²) in [4.78, 5) is 11.9. The van der Waals surface area contributed by atoms with Gasteiger partial charge in [-0.1, -0.05) is 24.6 Å². The van der Waals surface area contributed by atoms with E-state index in [4.69, 9.17) is 11.6 Å². The van der Waals surface area contributed by atoms with Gasteiger partial charge in [-0.15, -0.1) is 11.6 Å². The van der Waals surface area contributed by atoms with E-state index in [0.29, 0.717) is 11.4 Å². The fourth-order valence-corrected chi connectivity index (χ4v) is 1.83. The van der Waals surface area contributed by atoms with Gasteiger partial charge in [-0.2, -0.15) is 0 Å². The highest BCUT2D eigenvalue weighted by atomic mass is 35.5. The second-order valence-corrected chi connectivity index (χ2v) is 4.30. The van der Waals surface area contributed by atoms with Crippen LogP contribution in [0.15, 0.2) is 24.3 Å². The van der Waals surface area contributed by atoms with E-state index in [1.807, 2.05) is 38.1 Å². The van der Waals surface area contributed by atoms with Gasteiger partial charge in [0.2, 0.25) is 0 Å². The highest BCUT2D eigenvalue weighted by Crippen LogP contribution is 2.06. The van der Waals surface area contributed by atoms with E-state index < -0.39 is 0 Å². The van der Waals surface area contributed by atoms with Gasteiger partial charge in [0.1, 0.15) is 0 Å². The molecular formula is C13H18ClNO. The van der Waals surface area contributed by atoms with Gasteiger partial charge >= 0.3 is 0 Å². The van der Waals surface area contributed by atoms with Crippen LogP contribution in [0.3, 0.4) is 0 Å². The number of rotatable bonds is 5.